The van der Waals surface area contributed by atoms with E-state index in [1.54, 1.807) is 12.4 Å². The van der Waals surface area contributed by atoms with E-state index in [2.05, 4.69) is 15.3 Å². The van der Waals surface area contributed by atoms with E-state index in [1.165, 1.54) is 12.8 Å². The number of nitrogens with zero attached hydrogens (tertiary/aromatic N) is 2. The Bertz CT molecular complexity index is 324. The van der Waals surface area contributed by atoms with E-state index in [1.807, 2.05) is 6.92 Å². The zero-order chi connectivity index (χ0) is 11.2. The molecule has 4 nitrogen and oxygen atoms in total. The molecule has 0 bridgehead atoms. The second kappa shape index (κ2) is 5.80. The van der Waals surface area contributed by atoms with E-state index in [0.717, 1.165) is 37.7 Å². The number of ether oxygens (including phenoxy) is 1. The van der Waals surface area contributed by atoms with E-state index in [9.17, 15) is 0 Å². The third-order valence-corrected chi connectivity index (χ3v) is 3.06. The molecule has 1 aromatic rings. The van der Waals surface area contributed by atoms with Gasteiger partial charge in [-0.05, 0) is 45.2 Å². The minimum absolute atomic E-state index is 0.677. The summed E-state index contributed by atoms with van der Waals surface area (Å²) in [4.78, 5) is 8.31. The molecule has 1 saturated heterocycles. The van der Waals surface area contributed by atoms with Gasteiger partial charge in [0.25, 0.3) is 0 Å². The second-order valence-electron chi connectivity index (χ2n) is 4.28. The second-order valence-corrected chi connectivity index (χ2v) is 4.28. The van der Waals surface area contributed by atoms with Gasteiger partial charge in [-0.2, -0.15) is 0 Å². The van der Waals surface area contributed by atoms with Gasteiger partial charge in [-0.3, -0.25) is 4.98 Å². The number of piperidine rings is 1. The molecule has 2 rings (SSSR count). The Morgan fingerprint density at radius 1 is 1.31 bits per heavy atom. The normalized spacial score (nSPS) is 17.3. The molecule has 0 aromatic carbocycles. The summed E-state index contributed by atoms with van der Waals surface area (Å²) in [5.41, 5.74) is 0.868. The van der Waals surface area contributed by atoms with Crippen molar-refractivity contribution < 1.29 is 4.74 Å². The molecule has 0 radical (unpaired) electrons. The highest BCUT2D eigenvalue weighted by molar-refractivity contribution is 5.14. The predicted octanol–water partition coefficient (Wildman–Crippen LogP) is 1.55. The summed E-state index contributed by atoms with van der Waals surface area (Å²) in [6.45, 7) is 4.97. The molecule has 0 atom stereocenters. The van der Waals surface area contributed by atoms with Crippen molar-refractivity contribution in [3.05, 3.63) is 18.1 Å². The van der Waals surface area contributed by atoms with Crippen molar-refractivity contribution in [3.8, 4) is 5.88 Å². The zero-order valence-electron chi connectivity index (χ0n) is 9.78. The van der Waals surface area contributed by atoms with Crippen LogP contribution in [-0.2, 0) is 0 Å². The first-order chi connectivity index (χ1) is 7.86. The molecule has 2 heterocycles. The maximum absolute atomic E-state index is 5.65. The van der Waals surface area contributed by atoms with E-state index >= 15 is 0 Å². The van der Waals surface area contributed by atoms with Crippen molar-refractivity contribution in [2.24, 2.45) is 5.92 Å². The van der Waals surface area contributed by atoms with Crippen LogP contribution in [0.4, 0.5) is 0 Å². The molecule has 16 heavy (non-hydrogen) atoms. The fourth-order valence-electron chi connectivity index (χ4n) is 2.03. The SMILES string of the molecule is Cc1nccnc1OCCC1CCNCC1. The first-order valence-electron chi connectivity index (χ1n) is 5.97. The number of rotatable bonds is 4. The molecule has 0 unspecified atom stereocenters. The van der Waals surface area contributed by atoms with Crippen LogP contribution >= 0.6 is 0 Å². The number of hydrogen-bond acceptors (Lipinski definition) is 4. The lowest BCUT2D eigenvalue weighted by molar-refractivity contribution is 0.243. The van der Waals surface area contributed by atoms with Gasteiger partial charge in [-0.1, -0.05) is 0 Å². The van der Waals surface area contributed by atoms with Crippen molar-refractivity contribution in [1.82, 2.24) is 15.3 Å². The molecular weight excluding hydrogens is 202 g/mol. The standard InChI is InChI=1S/C12H19N3O/c1-10-12(15-8-7-14-10)16-9-4-11-2-5-13-6-3-11/h7-8,11,13H,2-6,9H2,1H3. The smallest absolute Gasteiger partial charge is 0.235 e. The quantitative estimate of drug-likeness (QED) is 0.838. The minimum Gasteiger partial charge on any atom is -0.476 e. The fraction of sp³-hybridized carbons (Fsp3) is 0.667. The Morgan fingerprint density at radius 2 is 2.06 bits per heavy atom. The lowest BCUT2D eigenvalue weighted by Crippen LogP contribution is -2.28. The Labute approximate surface area is 96.4 Å². The number of hydrogen-bond donors (Lipinski definition) is 1. The number of aromatic nitrogens is 2. The van der Waals surface area contributed by atoms with Crippen LogP contribution in [0.25, 0.3) is 0 Å². The van der Waals surface area contributed by atoms with Gasteiger partial charge >= 0.3 is 0 Å². The van der Waals surface area contributed by atoms with Gasteiger partial charge in [0.1, 0.15) is 0 Å². The first kappa shape index (κ1) is 11.3. The highest BCUT2D eigenvalue weighted by Crippen LogP contribution is 2.17. The average molecular weight is 221 g/mol. The Balaban J connectivity index is 1.73. The van der Waals surface area contributed by atoms with E-state index in [-0.39, 0.29) is 0 Å². The van der Waals surface area contributed by atoms with Gasteiger partial charge < -0.3 is 10.1 Å². The van der Waals surface area contributed by atoms with Crippen LogP contribution in [0.2, 0.25) is 0 Å². The first-order valence-corrected chi connectivity index (χ1v) is 5.97. The number of nitrogens with one attached hydrogen (secondary N) is 1. The average Bonchev–Trinajstić information content (AvgIpc) is 2.33. The van der Waals surface area contributed by atoms with Gasteiger partial charge in [0, 0.05) is 12.4 Å². The fourth-order valence-corrected chi connectivity index (χ4v) is 2.03. The van der Waals surface area contributed by atoms with Crippen molar-refractivity contribution >= 4 is 0 Å². The van der Waals surface area contributed by atoms with Crippen LogP contribution in [0.15, 0.2) is 12.4 Å². The Morgan fingerprint density at radius 3 is 2.81 bits per heavy atom. The third kappa shape index (κ3) is 3.17. The highest BCUT2D eigenvalue weighted by Gasteiger charge is 2.13. The molecular formula is C12H19N3O. The van der Waals surface area contributed by atoms with E-state index in [4.69, 9.17) is 4.74 Å². The summed E-state index contributed by atoms with van der Waals surface area (Å²) in [5, 5.41) is 3.37. The van der Waals surface area contributed by atoms with Crippen molar-refractivity contribution in [1.29, 1.82) is 0 Å². The topological polar surface area (TPSA) is 47.0 Å². The summed E-state index contributed by atoms with van der Waals surface area (Å²) in [6.07, 6.45) is 7.02. The third-order valence-electron chi connectivity index (χ3n) is 3.06. The molecule has 0 aliphatic carbocycles. The van der Waals surface area contributed by atoms with Crippen LogP contribution in [0.1, 0.15) is 25.0 Å². The van der Waals surface area contributed by atoms with Crippen molar-refractivity contribution in [2.75, 3.05) is 19.7 Å². The van der Waals surface area contributed by atoms with Crippen LogP contribution in [0.3, 0.4) is 0 Å². The predicted molar refractivity (Wildman–Crippen MR) is 62.5 cm³/mol. The molecule has 1 fully saturated rings. The summed E-state index contributed by atoms with van der Waals surface area (Å²) < 4.78 is 5.65. The maximum atomic E-state index is 5.65. The molecule has 1 aliphatic rings. The molecule has 4 heteroatoms. The van der Waals surface area contributed by atoms with Gasteiger partial charge in [0.05, 0.1) is 12.3 Å². The van der Waals surface area contributed by atoms with Crippen LogP contribution in [0, 0.1) is 12.8 Å². The van der Waals surface area contributed by atoms with Crippen molar-refractivity contribution in [2.45, 2.75) is 26.2 Å². The van der Waals surface area contributed by atoms with Crippen LogP contribution in [-0.4, -0.2) is 29.7 Å². The zero-order valence-corrected chi connectivity index (χ0v) is 9.78. The Kier molecular flexibility index (Phi) is 4.10. The van der Waals surface area contributed by atoms with Crippen molar-refractivity contribution in [3.63, 3.8) is 0 Å². The summed E-state index contributed by atoms with van der Waals surface area (Å²) in [6, 6.07) is 0. The summed E-state index contributed by atoms with van der Waals surface area (Å²) >= 11 is 0. The van der Waals surface area contributed by atoms with Crippen LogP contribution in [0.5, 0.6) is 5.88 Å². The minimum atomic E-state index is 0.677. The maximum Gasteiger partial charge on any atom is 0.235 e. The molecule has 1 aromatic heterocycles. The largest absolute Gasteiger partial charge is 0.476 e. The molecule has 88 valence electrons. The Hall–Kier alpha value is -1.16. The monoisotopic (exact) mass is 221 g/mol. The summed E-state index contributed by atoms with van der Waals surface area (Å²) in [7, 11) is 0. The summed E-state index contributed by atoms with van der Waals surface area (Å²) in [5.74, 6) is 1.48. The molecule has 0 saturated carbocycles. The molecule has 0 amide bonds. The molecule has 1 N–H and O–H groups in total. The van der Waals surface area contributed by atoms with E-state index in [0.29, 0.717) is 5.88 Å². The molecule has 0 spiro atoms. The van der Waals surface area contributed by atoms with Gasteiger partial charge in [0.15, 0.2) is 0 Å². The number of aryl methyl sites for hydroxylation is 1. The van der Waals surface area contributed by atoms with E-state index < -0.39 is 0 Å². The van der Waals surface area contributed by atoms with Gasteiger partial charge in [-0.25, -0.2) is 4.98 Å². The van der Waals surface area contributed by atoms with Crippen LogP contribution < -0.4 is 10.1 Å². The lowest BCUT2D eigenvalue weighted by atomic mass is 9.95. The highest BCUT2D eigenvalue weighted by atomic mass is 16.5. The lowest BCUT2D eigenvalue weighted by Gasteiger charge is -2.22. The van der Waals surface area contributed by atoms with Gasteiger partial charge in [-0.15, -0.1) is 0 Å². The van der Waals surface area contributed by atoms with Gasteiger partial charge in [0.2, 0.25) is 5.88 Å². The molecule has 1 aliphatic heterocycles.